The maximum atomic E-state index is 13.2. The highest BCUT2D eigenvalue weighted by Crippen LogP contribution is 2.35. The lowest BCUT2D eigenvalue weighted by Crippen LogP contribution is -2.35. The third kappa shape index (κ3) is 2.47. The summed E-state index contributed by atoms with van der Waals surface area (Å²) in [5.41, 5.74) is 6.26. The van der Waals surface area contributed by atoms with Gasteiger partial charge in [0.2, 0.25) is 5.91 Å². The van der Waals surface area contributed by atoms with Gasteiger partial charge in [-0.2, -0.15) is 0 Å². The number of nitrogens with zero attached hydrogens (tertiary/aromatic N) is 1. The van der Waals surface area contributed by atoms with Crippen LogP contribution in [-0.2, 0) is 4.79 Å². The second-order valence-electron chi connectivity index (χ2n) is 4.66. The summed E-state index contributed by atoms with van der Waals surface area (Å²) < 4.78 is 13.2. The summed E-state index contributed by atoms with van der Waals surface area (Å²) in [4.78, 5) is 13.5. The lowest BCUT2D eigenvalue weighted by atomic mass is 10.0. The average molecular weight is 236 g/mol. The van der Waals surface area contributed by atoms with Gasteiger partial charge >= 0.3 is 0 Å². The van der Waals surface area contributed by atoms with Crippen molar-refractivity contribution in [3.8, 4) is 0 Å². The zero-order chi connectivity index (χ0) is 12.4. The normalized spacial score (nSPS) is 24.1. The number of rotatable bonds is 2. The summed E-state index contributed by atoms with van der Waals surface area (Å²) in [7, 11) is 0. The number of nitrogens with two attached hydrogens (primary N) is 1. The minimum atomic E-state index is -0.262. The Balaban J connectivity index is 2.26. The van der Waals surface area contributed by atoms with Crippen LogP contribution < -0.4 is 5.73 Å². The lowest BCUT2D eigenvalue weighted by molar-refractivity contribution is -0.130. The highest BCUT2D eigenvalue weighted by Gasteiger charge is 2.33. The van der Waals surface area contributed by atoms with Crippen LogP contribution in [0.25, 0.3) is 0 Å². The van der Waals surface area contributed by atoms with E-state index in [2.05, 4.69) is 6.92 Å². The fourth-order valence-electron chi connectivity index (χ4n) is 2.47. The molecule has 2 atom stereocenters. The van der Waals surface area contributed by atoms with Crippen LogP contribution in [0.5, 0.6) is 0 Å². The summed E-state index contributed by atoms with van der Waals surface area (Å²) in [6.45, 7) is 2.81. The number of hydrogen-bond donors (Lipinski definition) is 1. The van der Waals surface area contributed by atoms with Crippen LogP contribution in [0.15, 0.2) is 24.3 Å². The second kappa shape index (κ2) is 4.84. The van der Waals surface area contributed by atoms with Gasteiger partial charge < -0.3 is 10.6 Å². The molecule has 1 amide bonds. The van der Waals surface area contributed by atoms with Crippen molar-refractivity contribution in [1.82, 2.24) is 4.90 Å². The van der Waals surface area contributed by atoms with Crippen molar-refractivity contribution in [3.63, 3.8) is 0 Å². The maximum absolute atomic E-state index is 13.2. The van der Waals surface area contributed by atoms with Gasteiger partial charge in [-0.1, -0.05) is 19.1 Å². The molecule has 1 aliphatic rings. The average Bonchev–Trinajstić information content (AvgIpc) is 2.70. The summed E-state index contributed by atoms with van der Waals surface area (Å²) in [5.74, 6) is 0.101. The number of carbonyl (C=O) groups excluding carboxylic acids is 1. The molecular weight excluding hydrogens is 219 g/mol. The van der Waals surface area contributed by atoms with E-state index in [1.54, 1.807) is 11.0 Å². The number of halogens is 1. The highest BCUT2D eigenvalue weighted by molar-refractivity contribution is 5.78. The van der Waals surface area contributed by atoms with Crippen molar-refractivity contribution in [2.75, 3.05) is 13.1 Å². The van der Waals surface area contributed by atoms with Gasteiger partial charge in [0.1, 0.15) is 5.82 Å². The summed E-state index contributed by atoms with van der Waals surface area (Å²) >= 11 is 0. The Kier molecular flexibility index (Phi) is 3.43. The Morgan fingerprint density at radius 3 is 3.00 bits per heavy atom. The molecule has 0 aliphatic carbocycles. The second-order valence-corrected chi connectivity index (χ2v) is 4.66. The Bertz CT molecular complexity index is 422. The third-order valence-corrected chi connectivity index (χ3v) is 3.24. The molecule has 2 N–H and O–H groups in total. The van der Waals surface area contributed by atoms with E-state index in [-0.39, 0.29) is 24.3 Å². The summed E-state index contributed by atoms with van der Waals surface area (Å²) in [6, 6.07) is 6.43. The molecule has 17 heavy (non-hydrogen) atoms. The minimum absolute atomic E-state index is 0.0124. The molecule has 1 saturated heterocycles. The first-order chi connectivity index (χ1) is 8.11. The Morgan fingerprint density at radius 2 is 2.35 bits per heavy atom. The highest BCUT2D eigenvalue weighted by atomic mass is 19.1. The number of amides is 1. The molecule has 0 spiro atoms. The van der Waals surface area contributed by atoms with Gasteiger partial charge in [0.25, 0.3) is 0 Å². The molecule has 1 heterocycles. The maximum Gasteiger partial charge on any atom is 0.236 e. The fraction of sp³-hybridized carbons (Fsp3) is 0.462. The molecule has 0 unspecified atom stereocenters. The zero-order valence-corrected chi connectivity index (χ0v) is 9.90. The molecule has 3 nitrogen and oxygen atoms in total. The van der Waals surface area contributed by atoms with E-state index in [0.29, 0.717) is 12.5 Å². The van der Waals surface area contributed by atoms with Crippen LogP contribution in [0.1, 0.15) is 24.9 Å². The number of benzene rings is 1. The number of likely N-dealkylation sites (tertiary alicyclic amines) is 1. The van der Waals surface area contributed by atoms with Gasteiger partial charge in [-0.3, -0.25) is 4.79 Å². The minimum Gasteiger partial charge on any atom is -0.334 e. The molecule has 0 saturated carbocycles. The Morgan fingerprint density at radius 1 is 1.59 bits per heavy atom. The van der Waals surface area contributed by atoms with E-state index in [4.69, 9.17) is 5.73 Å². The van der Waals surface area contributed by atoms with Gasteiger partial charge in [0.15, 0.2) is 0 Å². The van der Waals surface area contributed by atoms with E-state index in [9.17, 15) is 9.18 Å². The summed E-state index contributed by atoms with van der Waals surface area (Å²) in [5, 5.41) is 0. The number of hydrogen-bond acceptors (Lipinski definition) is 2. The van der Waals surface area contributed by atoms with E-state index >= 15 is 0 Å². The quantitative estimate of drug-likeness (QED) is 0.849. The van der Waals surface area contributed by atoms with Crippen molar-refractivity contribution in [2.24, 2.45) is 11.7 Å². The molecule has 92 valence electrons. The topological polar surface area (TPSA) is 46.3 Å². The molecule has 1 aliphatic heterocycles. The predicted molar refractivity (Wildman–Crippen MR) is 63.7 cm³/mol. The van der Waals surface area contributed by atoms with E-state index < -0.39 is 0 Å². The molecule has 0 radical (unpaired) electrons. The van der Waals surface area contributed by atoms with Crippen molar-refractivity contribution in [3.05, 3.63) is 35.6 Å². The van der Waals surface area contributed by atoms with Crippen LogP contribution in [0.3, 0.4) is 0 Å². The largest absolute Gasteiger partial charge is 0.334 e. The predicted octanol–water partition coefficient (Wildman–Crippen LogP) is 1.69. The first kappa shape index (κ1) is 12.0. The molecule has 0 aromatic heterocycles. The van der Waals surface area contributed by atoms with Crippen LogP contribution in [0.2, 0.25) is 0 Å². The zero-order valence-electron chi connectivity index (χ0n) is 9.90. The molecule has 4 heteroatoms. The van der Waals surface area contributed by atoms with Crippen molar-refractivity contribution >= 4 is 5.91 Å². The fourth-order valence-corrected chi connectivity index (χ4v) is 2.47. The molecule has 2 rings (SSSR count). The molecule has 0 bridgehead atoms. The first-order valence-corrected chi connectivity index (χ1v) is 5.87. The lowest BCUT2D eigenvalue weighted by Gasteiger charge is -2.24. The van der Waals surface area contributed by atoms with E-state index in [0.717, 1.165) is 12.0 Å². The molecular formula is C13H17FN2O. The first-order valence-electron chi connectivity index (χ1n) is 5.87. The Labute approximate surface area is 100 Å². The van der Waals surface area contributed by atoms with Crippen molar-refractivity contribution < 1.29 is 9.18 Å². The monoisotopic (exact) mass is 236 g/mol. The van der Waals surface area contributed by atoms with E-state index in [1.807, 2.05) is 6.07 Å². The van der Waals surface area contributed by atoms with Gasteiger partial charge in [0, 0.05) is 6.54 Å². The molecule has 1 fully saturated rings. The van der Waals surface area contributed by atoms with Crippen molar-refractivity contribution in [1.29, 1.82) is 0 Å². The van der Waals surface area contributed by atoms with Crippen LogP contribution >= 0.6 is 0 Å². The van der Waals surface area contributed by atoms with Gasteiger partial charge in [-0.15, -0.1) is 0 Å². The van der Waals surface area contributed by atoms with Gasteiger partial charge in [-0.25, -0.2) is 4.39 Å². The standard InChI is InChI=1S/C13H17FN2O/c1-9-5-12(16(8-9)13(17)7-15)10-3-2-4-11(14)6-10/h2-4,6,9,12H,5,7-8,15H2,1H3/t9-,12+/m0/s1. The smallest absolute Gasteiger partial charge is 0.236 e. The number of carbonyl (C=O) groups is 1. The summed E-state index contributed by atoms with van der Waals surface area (Å²) in [6.07, 6.45) is 0.870. The Hall–Kier alpha value is -1.42. The van der Waals surface area contributed by atoms with E-state index in [1.165, 1.54) is 12.1 Å². The van der Waals surface area contributed by atoms with Gasteiger partial charge in [0.05, 0.1) is 12.6 Å². The molecule has 1 aromatic rings. The van der Waals surface area contributed by atoms with Crippen molar-refractivity contribution in [2.45, 2.75) is 19.4 Å². The third-order valence-electron chi connectivity index (χ3n) is 3.24. The molecule has 1 aromatic carbocycles. The van der Waals surface area contributed by atoms with Crippen LogP contribution in [0, 0.1) is 11.7 Å². The van der Waals surface area contributed by atoms with Gasteiger partial charge in [-0.05, 0) is 30.0 Å². The van der Waals surface area contributed by atoms with Crippen LogP contribution in [0.4, 0.5) is 4.39 Å². The SMILES string of the molecule is C[C@H]1C[C@H](c2cccc(F)c2)N(C(=O)CN)C1. The van der Waals surface area contributed by atoms with Crippen LogP contribution in [-0.4, -0.2) is 23.9 Å².